The van der Waals surface area contributed by atoms with Crippen molar-refractivity contribution >= 4 is 11.8 Å². The van der Waals surface area contributed by atoms with E-state index in [1.54, 1.807) is 18.2 Å². The third-order valence-electron chi connectivity index (χ3n) is 4.51. The summed E-state index contributed by atoms with van der Waals surface area (Å²) < 4.78 is 13.6. The molecule has 2 rings (SSSR count). The molecule has 0 radical (unpaired) electrons. The Morgan fingerprint density at radius 2 is 1.79 bits per heavy atom. The fourth-order valence-corrected chi connectivity index (χ4v) is 3.00. The maximum Gasteiger partial charge on any atom is 0.238 e. The molecule has 1 aromatic rings. The second-order valence-electron chi connectivity index (χ2n) is 6.47. The highest BCUT2D eigenvalue weighted by atomic mass is 19.1. The monoisotopic (exact) mass is 334 g/mol. The van der Waals surface area contributed by atoms with Crippen LogP contribution in [-0.2, 0) is 16.0 Å². The summed E-state index contributed by atoms with van der Waals surface area (Å²) in [6.07, 6.45) is 3.42. The van der Waals surface area contributed by atoms with Gasteiger partial charge in [0.15, 0.2) is 0 Å². The van der Waals surface area contributed by atoms with Crippen LogP contribution < -0.4 is 5.32 Å². The summed E-state index contributed by atoms with van der Waals surface area (Å²) in [5.74, 6) is -0.517. The first-order valence-electron chi connectivity index (χ1n) is 8.86. The molecule has 0 aliphatic heterocycles. The zero-order valence-electron chi connectivity index (χ0n) is 14.6. The van der Waals surface area contributed by atoms with E-state index < -0.39 is 5.41 Å². The van der Waals surface area contributed by atoms with E-state index in [9.17, 15) is 14.0 Å². The number of hydrogen-bond donors (Lipinski definition) is 1. The minimum atomic E-state index is -0.875. The Bertz CT molecular complexity index is 578. The predicted octanol–water partition coefficient (Wildman–Crippen LogP) is 2.91. The topological polar surface area (TPSA) is 49.4 Å². The summed E-state index contributed by atoms with van der Waals surface area (Å²) in [6.45, 7) is 5.79. The lowest BCUT2D eigenvalue weighted by molar-refractivity contribution is -0.144. The molecule has 0 spiro atoms. The number of benzene rings is 1. The Hall–Kier alpha value is -1.91. The van der Waals surface area contributed by atoms with Gasteiger partial charge in [-0.15, -0.1) is 0 Å². The number of halogens is 1. The number of carbonyl (C=O) groups is 2. The average molecular weight is 334 g/mol. The zero-order chi connectivity index (χ0) is 17.6. The lowest BCUT2D eigenvalue weighted by Crippen LogP contribution is -2.46. The summed E-state index contributed by atoms with van der Waals surface area (Å²) in [6, 6.07) is 6.55. The Balaban J connectivity index is 1.91. The first-order chi connectivity index (χ1) is 11.5. The Morgan fingerprint density at radius 3 is 2.33 bits per heavy atom. The van der Waals surface area contributed by atoms with Gasteiger partial charge in [0.25, 0.3) is 0 Å². The second kappa shape index (κ2) is 8.27. The van der Waals surface area contributed by atoms with E-state index in [2.05, 4.69) is 5.32 Å². The molecule has 4 nitrogen and oxygen atoms in total. The van der Waals surface area contributed by atoms with Crippen LogP contribution in [-0.4, -0.2) is 36.3 Å². The SMILES string of the molecule is CCCN(CCC)C(=O)C1(C(=O)NCCc2ccccc2F)CC1. The molecule has 0 atom stereocenters. The molecule has 0 saturated heterocycles. The van der Waals surface area contributed by atoms with Crippen molar-refractivity contribution < 1.29 is 14.0 Å². The highest BCUT2D eigenvalue weighted by Gasteiger charge is 2.57. The van der Waals surface area contributed by atoms with Crippen molar-refractivity contribution in [2.75, 3.05) is 19.6 Å². The molecule has 0 bridgehead atoms. The highest BCUT2D eigenvalue weighted by molar-refractivity contribution is 6.07. The number of carbonyl (C=O) groups excluding carboxylic acids is 2. The zero-order valence-corrected chi connectivity index (χ0v) is 14.6. The lowest BCUT2D eigenvalue weighted by Gasteiger charge is -2.26. The van der Waals surface area contributed by atoms with Gasteiger partial charge in [-0.25, -0.2) is 4.39 Å². The van der Waals surface area contributed by atoms with E-state index in [4.69, 9.17) is 0 Å². The molecular weight excluding hydrogens is 307 g/mol. The van der Waals surface area contributed by atoms with E-state index >= 15 is 0 Å². The molecule has 132 valence electrons. The van der Waals surface area contributed by atoms with Crippen molar-refractivity contribution in [1.82, 2.24) is 10.2 Å². The van der Waals surface area contributed by atoms with Gasteiger partial charge in [-0.1, -0.05) is 32.0 Å². The van der Waals surface area contributed by atoms with Crippen molar-refractivity contribution in [2.24, 2.45) is 5.41 Å². The summed E-state index contributed by atoms with van der Waals surface area (Å²) >= 11 is 0. The van der Waals surface area contributed by atoms with Crippen LogP contribution in [0.25, 0.3) is 0 Å². The first-order valence-corrected chi connectivity index (χ1v) is 8.86. The lowest BCUT2D eigenvalue weighted by atomic mass is 10.0. The van der Waals surface area contributed by atoms with E-state index in [0.717, 1.165) is 12.8 Å². The number of nitrogens with one attached hydrogen (secondary N) is 1. The van der Waals surface area contributed by atoms with Crippen LogP contribution in [0.4, 0.5) is 4.39 Å². The van der Waals surface area contributed by atoms with Gasteiger partial charge in [0, 0.05) is 19.6 Å². The minimum absolute atomic E-state index is 0.0467. The van der Waals surface area contributed by atoms with E-state index in [0.29, 0.717) is 44.5 Å². The quantitative estimate of drug-likeness (QED) is 0.706. The van der Waals surface area contributed by atoms with Crippen LogP contribution in [0.3, 0.4) is 0 Å². The Labute approximate surface area is 143 Å². The molecule has 0 unspecified atom stereocenters. The molecule has 1 aliphatic rings. The molecule has 24 heavy (non-hydrogen) atoms. The standard InChI is InChI=1S/C19H27FN2O2/c1-3-13-22(14-4-2)18(24)19(10-11-19)17(23)21-12-9-15-7-5-6-8-16(15)20/h5-8H,3-4,9-14H2,1-2H3,(H,21,23). The minimum Gasteiger partial charge on any atom is -0.355 e. The number of nitrogens with zero attached hydrogens (tertiary/aromatic N) is 1. The normalized spacial score (nSPS) is 15.0. The summed E-state index contributed by atoms with van der Waals surface area (Å²) in [4.78, 5) is 27.1. The van der Waals surface area contributed by atoms with E-state index in [-0.39, 0.29) is 17.6 Å². The third kappa shape index (κ3) is 4.13. The van der Waals surface area contributed by atoms with Crippen molar-refractivity contribution in [3.8, 4) is 0 Å². The molecule has 0 heterocycles. The second-order valence-corrected chi connectivity index (χ2v) is 6.47. The van der Waals surface area contributed by atoms with Gasteiger partial charge in [-0.05, 0) is 43.7 Å². The fourth-order valence-electron chi connectivity index (χ4n) is 3.00. The van der Waals surface area contributed by atoms with Crippen LogP contribution in [0.15, 0.2) is 24.3 Å². The molecule has 1 saturated carbocycles. The van der Waals surface area contributed by atoms with Gasteiger partial charge >= 0.3 is 0 Å². The fraction of sp³-hybridized carbons (Fsp3) is 0.579. The number of amides is 2. The van der Waals surface area contributed by atoms with Crippen molar-refractivity contribution in [3.05, 3.63) is 35.6 Å². The summed E-state index contributed by atoms with van der Waals surface area (Å²) in [5, 5.41) is 2.83. The Morgan fingerprint density at radius 1 is 1.17 bits per heavy atom. The molecule has 1 aliphatic carbocycles. The van der Waals surface area contributed by atoms with Crippen LogP contribution in [0.1, 0.15) is 45.1 Å². The maximum atomic E-state index is 13.6. The molecule has 0 aromatic heterocycles. The van der Waals surface area contributed by atoms with Crippen LogP contribution in [0.5, 0.6) is 0 Å². The molecule has 1 N–H and O–H groups in total. The van der Waals surface area contributed by atoms with Gasteiger partial charge in [0.1, 0.15) is 11.2 Å². The van der Waals surface area contributed by atoms with Gasteiger partial charge in [-0.2, -0.15) is 0 Å². The maximum absolute atomic E-state index is 13.6. The van der Waals surface area contributed by atoms with Gasteiger partial charge in [-0.3, -0.25) is 9.59 Å². The van der Waals surface area contributed by atoms with E-state index in [1.165, 1.54) is 6.07 Å². The summed E-state index contributed by atoms with van der Waals surface area (Å²) in [5.41, 5.74) is -0.299. The van der Waals surface area contributed by atoms with Crippen molar-refractivity contribution in [2.45, 2.75) is 46.0 Å². The molecule has 2 amide bonds. The van der Waals surface area contributed by atoms with Crippen LogP contribution >= 0.6 is 0 Å². The van der Waals surface area contributed by atoms with E-state index in [1.807, 2.05) is 18.7 Å². The van der Waals surface area contributed by atoms with Crippen molar-refractivity contribution in [3.63, 3.8) is 0 Å². The number of rotatable bonds is 9. The number of hydrogen-bond acceptors (Lipinski definition) is 2. The molecule has 1 aromatic carbocycles. The highest BCUT2D eigenvalue weighted by Crippen LogP contribution is 2.47. The Kier molecular flexibility index (Phi) is 6.35. The third-order valence-corrected chi connectivity index (χ3v) is 4.51. The first kappa shape index (κ1) is 18.4. The molecule has 5 heteroatoms. The van der Waals surface area contributed by atoms with Gasteiger partial charge < -0.3 is 10.2 Å². The summed E-state index contributed by atoms with van der Waals surface area (Å²) in [7, 11) is 0. The van der Waals surface area contributed by atoms with Crippen LogP contribution in [0.2, 0.25) is 0 Å². The average Bonchev–Trinajstić information content (AvgIpc) is 3.37. The predicted molar refractivity (Wildman–Crippen MR) is 91.9 cm³/mol. The molecular formula is C19H27FN2O2. The van der Waals surface area contributed by atoms with Crippen LogP contribution in [0, 0.1) is 11.2 Å². The van der Waals surface area contributed by atoms with Crippen molar-refractivity contribution in [1.29, 1.82) is 0 Å². The largest absolute Gasteiger partial charge is 0.355 e. The van der Waals surface area contributed by atoms with Gasteiger partial charge in [0.2, 0.25) is 11.8 Å². The smallest absolute Gasteiger partial charge is 0.238 e. The van der Waals surface area contributed by atoms with Gasteiger partial charge in [0.05, 0.1) is 0 Å². The molecule has 1 fully saturated rings.